The van der Waals surface area contributed by atoms with E-state index in [1.807, 2.05) is 0 Å². The fourth-order valence-electron chi connectivity index (χ4n) is 2.20. The van der Waals surface area contributed by atoms with Crippen molar-refractivity contribution < 1.29 is 19.3 Å². The van der Waals surface area contributed by atoms with Gasteiger partial charge in [-0.05, 0) is 12.2 Å². The van der Waals surface area contributed by atoms with E-state index in [4.69, 9.17) is 22.1 Å². The van der Waals surface area contributed by atoms with Crippen LogP contribution in [0.5, 0.6) is 0 Å². The number of aromatic amines is 1. The molecule has 0 aliphatic carbocycles. The molecule has 0 unspecified atom stereocenters. The van der Waals surface area contributed by atoms with Crippen LogP contribution in [0.15, 0.2) is 6.20 Å². The van der Waals surface area contributed by atoms with E-state index in [0.717, 1.165) is 0 Å². The van der Waals surface area contributed by atoms with Gasteiger partial charge in [0.1, 0.15) is 17.8 Å². The zero-order valence-electron chi connectivity index (χ0n) is 9.65. The molecule has 3 N–H and O–H groups in total. The number of hydrogen-bond acceptors (Lipinski definition) is 6. The van der Waals surface area contributed by atoms with E-state index in [-0.39, 0.29) is 18.7 Å². The summed E-state index contributed by atoms with van der Waals surface area (Å²) in [4.78, 5) is 9.96. The fraction of sp³-hybridized carbons (Fsp3) is 0.500. The second-order valence-electron chi connectivity index (χ2n) is 4.29. The lowest BCUT2D eigenvalue weighted by Gasteiger charge is -2.13. The van der Waals surface area contributed by atoms with Gasteiger partial charge in [-0.15, -0.1) is 0 Å². The molecular formula is C10H11FN4O3S. The lowest BCUT2D eigenvalue weighted by atomic mass is 10.2. The zero-order valence-corrected chi connectivity index (χ0v) is 10.5. The van der Waals surface area contributed by atoms with Crippen molar-refractivity contribution in [3.63, 3.8) is 0 Å². The molecule has 0 radical (unpaired) electrons. The number of nitrogens with one attached hydrogen (secondary N) is 1. The SMILES string of the molecule is OC[C@@H]1O[C@@H](n2c(=S)[nH]c3cnc(F)nc32)C[C@H]1O. The molecule has 0 saturated carbocycles. The Balaban J connectivity index is 2.08. The van der Waals surface area contributed by atoms with E-state index in [0.29, 0.717) is 10.3 Å². The topological polar surface area (TPSA) is 96.2 Å². The molecule has 19 heavy (non-hydrogen) atoms. The van der Waals surface area contributed by atoms with E-state index in [2.05, 4.69) is 15.0 Å². The number of fused-ring (bicyclic) bond motifs is 1. The molecule has 2 aromatic heterocycles. The van der Waals surface area contributed by atoms with E-state index in [1.54, 1.807) is 0 Å². The third-order valence-corrected chi connectivity index (χ3v) is 3.40. The number of halogens is 1. The maximum atomic E-state index is 13.1. The average molecular weight is 286 g/mol. The van der Waals surface area contributed by atoms with E-state index >= 15 is 0 Å². The average Bonchev–Trinajstić information content (AvgIpc) is 2.88. The largest absolute Gasteiger partial charge is 0.394 e. The first-order valence-electron chi connectivity index (χ1n) is 5.67. The molecule has 1 fully saturated rings. The van der Waals surface area contributed by atoms with Gasteiger partial charge in [-0.25, -0.2) is 4.98 Å². The maximum absolute atomic E-state index is 13.1. The summed E-state index contributed by atoms with van der Waals surface area (Å²) in [6.07, 6.45) is -1.40. The van der Waals surface area contributed by atoms with Crippen LogP contribution in [0.3, 0.4) is 0 Å². The second-order valence-corrected chi connectivity index (χ2v) is 4.68. The molecule has 0 spiro atoms. The maximum Gasteiger partial charge on any atom is 0.310 e. The summed E-state index contributed by atoms with van der Waals surface area (Å²) in [5.41, 5.74) is 0.755. The van der Waals surface area contributed by atoms with Gasteiger partial charge in [0.25, 0.3) is 0 Å². The third kappa shape index (κ3) is 2.04. The first-order valence-corrected chi connectivity index (χ1v) is 6.08. The zero-order chi connectivity index (χ0) is 13.6. The summed E-state index contributed by atoms with van der Waals surface area (Å²) in [5.74, 6) is 0. The third-order valence-electron chi connectivity index (χ3n) is 3.10. The molecule has 7 nitrogen and oxygen atoms in total. The van der Waals surface area contributed by atoms with Crippen LogP contribution in [-0.2, 0) is 4.74 Å². The highest BCUT2D eigenvalue weighted by atomic mass is 32.1. The lowest BCUT2D eigenvalue weighted by Crippen LogP contribution is -2.24. The number of aliphatic hydroxyl groups excluding tert-OH is 2. The van der Waals surface area contributed by atoms with E-state index in [1.165, 1.54) is 10.8 Å². The predicted molar refractivity (Wildman–Crippen MR) is 64.3 cm³/mol. The molecule has 3 heterocycles. The van der Waals surface area contributed by atoms with Crippen molar-refractivity contribution in [2.24, 2.45) is 0 Å². The van der Waals surface area contributed by atoms with Gasteiger partial charge in [0, 0.05) is 6.42 Å². The van der Waals surface area contributed by atoms with Crippen LogP contribution in [0.1, 0.15) is 12.6 Å². The van der Waals surface area contributed by atoms with Gasteiger partial charge in [-0.1, -0.05) is 0 Å². The Kier molecular flexibility index (Phi) is 3.05. The molecule has 3 rings (SSSR count). The van der Waals surface area contributed by atoms with Crippen LogP contribution in [0.2, 0.25) is 0 Å². The van der Waals surface area contributed by atoms with Crippen LogP contribution in [-0.4, -0.2) is 48.5 Å². The van der Waals surface area contributed by atoms with E-state index in [9.17, 15) is 9.50 Å². The lowest BCUT2D eigenvalue weighted by molar-refractivity contribution is -0.0436. The van der Waals surface area contributed by atoms with Gasteiger partial charge < -0.3 is 19.9 Å². The van der Waals surface area contributed by atoms with Gasteiger partial charge in [-0.2, -0.15) is 9.37 Å². The molecule has 2 aromatic rings. The number of H-pyrrole nitrogens is 1. The summed E-state index contributed by atoms with van der Waals surface area (Å²) in [6, 6.07) is 0. The molecule has 0 amide bonds. The molecule has 9 heteroatoms. The highest BCUT2D eigenvalue weighted by molar-refractivity contribution is 7.71. The van der Waals surface area contributed by atoms with Gasteiger partial charge in [-0.3, -0.25) is 4.57 Å². The number of rotatable bonds is 2. The van der Waals surface area contributed by atoms with Crippen molar-refractivity contribution in [2.75, 3.05) is 6.61 Å². The number of imidazole rings is 1. The summed E-state index contributed by atoms with van der Waals surface area (Å²) in [7, 11) is 0. The fourth-order valence-corrected chi connectivity index (χ4v) is 2.51. The monoisotopic (exact) mass is 286 g/mol. The number of aliphatic hydroxyl groups is 2. The Morgan fingerprint density at radius 2 is 2.42 bits per heavy atom. The van der Waals surface area contributed by atoms with Crippen LogP contribution < -0.4 is 0 Å². The molecule has 1 aliphatic rings. The van der Waals surface area contributed by atoms with Gasteiger partial charge in [0.05, 0.1) is 18.9 Å². The van der Waals surface area contributed by atoms with Crippen molar-refractivity contribution in [1.82, 2.24) is 19.5 Å². The molecule has 1 aliphatic heterocycles. The van der Waals surface area contributed by atoms with Crippen molar-refractivity contribution in [3.05, 3.63) is 17.0 Å². The van der Waals surface area contributed by atoms with Crippen molar-refractivity contribution in [2.45, 2.75) is 24.9 Å². The minimum absolute atomic E-state index is 0.248. The molecular weight excluding hydrogens is 275 g/mol. The Labute approximate surface area is 111 Å². The van der Waals surface area contributed by atoms with Crippen LogP contribution >= 0.6 is 12.2 Å². The summed E-state index contributed by atoms with van der Waals surface area (Å²) < 4.78 is 20.4. The van der Waals surface area contributed by atoms with Crippen LogP contribution in [0, 0.1) is 10.8 Å². The number of nitrogens with zero attached hydrogens (tertiary/aromatic N) is 3. The minimum Gasteiger partial charge on any atom is -0.394 e. The Morgan fingerprint density at radius 1 is 1.63 bits per heavy atom. The van der Waals surface area contributed by atoms with E-state index < -0.39 is 24.5 Å². The Bertz CT molecular complexity index is 672. The first kappa shape index (κ1) is 12.6. The molecule has 0 bridgehead atoms. The number of aromatic nitrogens is 4. The van der Waals surface area contributed by atoms with Crippen LogP contribution in [0.4, 0.5) is 4.39 Å². The highest BCUT2D eigenvalue weighted by Crippen LogP contribution is 2.31. The molecule has 102 valence electrons. The van der Waals surface area contributed by atoms with Crippen LogP contribution in [0.25, 0.3) is 11.2 Å². The molecule has 1 saturated heterocycles. The van der Waals surface area contributed by atoms with Gasteiger partial charge >= 0.3 is 6.08 Å². The van der Waals surface area contributed by atoms with Crippen molar-refractivity contribution in [1.29, 1.82) is 0 Å². The molecule has 3 atom stereocenters. The minimum atomic E-state index is -0.868. The number of hydrogen-bond donors (Lipinski definition) is 3. The summed E-state index contributed by atoms with van der Waals surface area (Å²) in [5, 5.41) is 18.8. The number of ether oxygens (including phenoxy) is 1. The van der Waals surface area contributed by atoms with Gasteiger partial charge in [0.15, 0.2) is 10.4 Å². The van der Waals surface area contributed by atoms with Crippen molar-refractivity contribution >= 4 is 23.4 Å². The molecule has 0 aromatic carbocycles. The summed E-state index contributed by atoms with van der Waals surface area (Å²) in [6.45, 7) is -0.295. The standard InChI is InChI=1S/C10H11FN4O3S/c11-9-12-2-4-8(14-9)15(10(19)13-4)7-1-5(17)6(3-16)18-7/h2,5-7,16-17H,1,3H2,(H,13,19)/t5-,6+,7-/m1/s1. The highest BCUT2D eigenvalue weighted by Gasteiger charge is 2.35. The van der Waals surface area contributed by atoms with Gasteiger partial charge in [0.2, 0.25) is 0 Å². The van der Waals surface area contributed by atoms with Crippen molar-refractivity contribution in [3.8, 4) is 0 Å². The normalized spacial score (nSPS) is 27.2. The predicted octanol–water partition coefficient (Wildman–Crippen LogP) is 0.269. The summed E-state index contributed by atoms with van der Waals surface area (Å²) >= 11 is 5.14. The Morgan fingerprint density at radius 3 is 3.11 bits per heavy atom. The quantitative estimate of drug-likeness (QED) is 0.541. The second kappa shape index (κ2) is 4.60. The smallest absolute Gasteiger partial charge is 0.310 e. The Hall–Kier alpha value is -1.42. The first-order chi connectivity index (χ1) is 9.10.